The second-order valence-electron chi connectivity index (χ2n) is 8.01. The Kier molecular flexibility index (Phi) is 7.72. The van der Waals surface area contributed by atoms with Crippen molar-refractivity contribution < 1.29 is 37.2 Å². The highest BCUT2D eigenvalue weighted by Gasteiger charge is 2.35. The van der Waals surface area contributed by atoms with E-state index in [1.165, 1.54) is 13.0 Å². The van der Waals surface area contributed by atoms with Crippen molar-refractivity contribution in [3.63, 3.8) is 0 Å². The van der Waals surface area contributed by atoms with Crippen LogP contribution in [0.5, 0.6) is 0 Å². The fourth-order valence-corrected chi connectivity index (χ4v) is 3.74. The molecule has 1 heterocycles. The first-order valence-electron chi connectivity index (χ1n) is 10.6. The van der Waals surface area contributed by atoms with Crippen molar-refractivity contribution in [2.45, 2.75) is 25.9 Å². The molecular weight excluding hydrogens is 471 g/mol. The number of rotatable bonds is 7. The maximum Gasteiger partial charge on any atom is 0.416 e. The van der Waals surface area contributed by atoms with Crippen molar-refractivity contribution in [3.8, 4) is 0 Å². The van der Waals surface area contributed by atoms with Crippen molar-refractivity contribution in [3.05, 3.63) is 63.7 Å². The Morgan fingerprint density at radius 2 is 1.83 bits per heavy atom. The van der Waals surface area contributed by atoms with Gasteiger partial charge in [0, 0.05) is 30.4 Å². The summed E-state index contributed by atoms with van der Waals surface area (Å²) in [4.78, 5) is 47.9. The van der Waals surface area contributed by atoms with Crippen molar-refractivity contribution in [1.29, 1.82) is 0 Å². The molecule has 0 atom stereocenters. The van der Waals surface area contributed by atoms with E-state index in [1.54, 1.807) is 23.1 Å². The molecule has 0 saturated carbocycles. The number of Topliss-reactive ketones (excluding diaryl/α,β-unsaturated/α-hetero) is 1. The number of anilines is 2. The number of alkyl halides is 3. The Hall–Kier alpha value is -3.96. The Morgan fingerprint density at radius 1 is 1.14 bits per heavy atom. The average molecular weight is 493 g/mol. The lowest BCUT2D eigenvalue weighted by molar-refractivity contribution is -0.384. The number of benzene rings is 2. The monoisotopic (exact) mass is 493 g/mol. The van der Waals surface area contributed by atoms with Gasteiger partial charge in [0.25, 0.3) is 11.6 Å². The second-order valence-corrected chi connectivity index (χ2v) is 8.01. The molecular formula is C23H22F3N3O6. The number of esters is 1. The highest BCUT2D eigenvalue weighted by Crippen LogP contribution is 2.37. The molecule has 1 amide bonds. The van der Waals surface area contributed by atoms with Gasteiger partial charge in [0.05, 0.1) is 16.4 Å². The largest absolute Gasteiger partial charge is 0.455 e. The van der Waals surface area contributed by atoms with E-state index < -0.39 is 46.8 Å². The zero-order valence-corrected chi connectivity index (χ0v) is 18.6. The number of nitro benzene ring substituents is 1. The zero-order valence-electron chi connectivity index (χ0n) is 18.6. The molecule has 0 aromatic heterocycles. The molecule has 1 saturated heterocycles. The van der Waals surface area contributed by atoms with E-state index in [2.05, 4.69) is 5.32 Å². The van der Waals surface area contributed by atoms with Crippen LogP contribution in [0.1, 0.15) is 35.7 Å². The number of carbonyl (C=O) groups excluding carboxylic acids is 3. The van der Waals surface area contributed by atoms with Crippen LogP contribution < -0.4 is 10.2 Å². The first-order chi connectivity index (χ1) is 16.5. The van der Waals surface area contributed by atoms with Gasteiger partial charge in [-0.2, -0.15) is 13.2 Å². The van der Waals surface area contributed by atoms with E-state index in [0.717, 1.165) is 12.1 Å². The molecule has 0 bridgehead atoms. The number of halogens is 3. The summed E-state index contributed by atoms with van der Waals surface area (Å²) in [5.74, 6) is -1.93. The van der Waals surface area contributed by atoms with Crippen LogP contribution in [-0.2, 0) is 20.5 Å². The summed E-state index contributed by atoms with van der Waals surface area (Å²) < 4.78 is 43.8. The van der Waals surface area contributed by atoms with Gasteiger partial charge in [0.1, 0.15) is 5.69 Å². The van der Waals surface area contributed by atoms with E-state index in [-0.39, 0.29) is 37.4 Å². The third kappa shape index (κ3) is 6.55. The van der Waals surface area contributed by atoms with Gasteiger partial charge in [0.15, 0.2) is 12.4 Å². The molecule has 0 unspecified atom stereocenters. The summed E-state index contributed by atoms with van der Waals surface area (Å²) in [6, 6.07) is 8.64. The number of piperidine rings is 1. The number of ether oxygens (including phenoxy) is 1. The number of nitrogens with zero attached hydrogens (tertiary/aromatic N) is 2. The number of carbonyl (C=O) groups is 3. The molecule has 1 aliphatic rings. The molecule has 9 nitrogen and oxygen atoms in total. The summed E-state index contributed by atoms with van der Waals surface area (Å²) in [5.41, 5.74) is -0.934. The fourth-order valence-electron chi connectivity index (χ4n) is 3.74. The molecule has 12 heteroatoms. The minimum atomic E-state index is -4.71. The van der Waals surface area contributed by atoms with Gasteiger partial charge >= 0.3 is 12.1 Å². The number of hydrogen-bond donors (Lipinski definition) is 1. The van der Waals surface area contributed by atoms with Crippen LogP contribution in [0.2, 0.25) is 0 Å². The lowest BCUT2D eigenvalue weighted by Gasteiger charge is -2.32. The summed E-state index contributed by atoms with van der Waals surface area (Å²) in [6.45, 7) is 1.24. The van der Waals surface area contributed by atoms with Gasteiger partial charge in [0.2, 0.25) is 0 Å². The van der Waals surface area contributed by atoms with E-state index in [1.807, 2.05) is 0 Å². The summed E-state index contributed by atoms with van der Waals surface area (Å²) in [6.07, 6.45) is -4.21. The van der Waals surface area contributed by atoms with Crippen molar-refractivity contribution in [2.24, 2.45) is 5.92 Å². The predicted molar refractivity (Wildman–Crippen MR) is 119 cm³/mol. The molecule has 2 aromatic carbocycles. The Labute approximate surface area is 198 Å². The van der Waals surface area contributed by atoms with Crippen LogP contribution in [0, 0.1) is 16.0 Å². The Balaban J connectivity index is 1.54. The van der Waals surface area contributed by atoms with Crippen molar-refractivity contribution >= 4 is 34.7 Å². The average Bonchev–Trinajstić information content (AvgIpc) is 2.81. The van der Waals surface area contributed by atoms with Gasteiger partial charge in [-0.25, -0.2) is 0 Å². The lowest BCUT2D eigenvalue weighted by atomic mass is 9.96. The SMILES string of the molecule is CC(=O)c1cccc(NC(=O)COC(=O)C2CCN(c3ccc(C(F)(F)F)cc3[N+](=O)[O-])CC2)c1. The van der Waals surface area contributed by atoms with Gasteiger partial charge in [-0.1, -0.05) is 12.1 Å². The van der Waals surface area contributed by atoms with Crippen LogP contribution in [0.4, 0.5) is 30.2 Å². The normalized spacial score (nSPS) is 14.3. The molecule has 0 aliphatic carbocycles. The smallest absolute Gasteiger partial charge is 0.416 e. The Morgan fingerprint density at radius 3 is 2.43 bits per heavy atom. The van der Waals surface area contributed by atoms with Crippen molar-refractivity contribution in [2.75, 3.05) is 29.9 Å². The zero-order chi connectivity index (χ0) is 25.8. The van der Waals surface area contributed by atoms with E-state index in [9.17, 15) is 37.7 Å². The maximum absolute atomic E-state index is 12.9. The molecule has 35 heavy (non-hydrogen) atoms. The van der Waals surface area contributed by atoms with Gasteiger partial charge in [-0.15, -0.1) is 0 Å². The third-order valence-electron chi connectivity index (χ3n) is 5.57. The van der Waals surface area contributed by atoms with E-state index in [4.69, 9.17) is 4.74 Å². The molecule has 186 valence electrons. The quantitative estimate of drug-likeness (QED) is 0.266. The minimum Gasteiger partial charge on any atom is -0.455 e. The maximum atomic E-state index is 12.9. The summed E-state index contributed by atoms with van der Waals surface area (Å²) in [5, 5.41) is 13.9. The number of hydrogen-bond acceptors (Lipinski definition) is 7. The lowest BCUT2D eigenvalue weighted by Crippen LogP contribution is -2.37. The second kappa shape index (κ2) is 10.5. The Bertz CT molecular complexity index is 1140. The number of ketones is 1. The van der Waals surface area contributed by atoms with Crippen LogP contribution in [0.25, 0.3) is 0 Å². The molecule has 3 rings (SSSR count). The first-order valence-corrected chi connectivity index (χ1v) is 10.6. The topological polar surface area (TPSA) is 119 Å². The number of amides is 1. The predicted octanol–water partition coefficient (Wildman–Crippen LogP) is 4.21. The van der Waals surface area contributed by atoms with Gasteiger partial charge in [-0.3, -0.25) is 24.5 Å². The number of nitro groups is 1. The molecule has 0 spiro atoms. The first kappa shape index (κ1) is 25.7. The van der Waals surface area contributed by atoms with Crippen LogP contribution in [-0.4, -0.2) is 42.3 Å². The summed E-state index contributed by atoms with van der Waals surface area (Å²) in [7, 11) is 0. The number of nitrogens with one attached hydrogen (secondary N) is 1. The highest BCUT2D eigenvalue weighted by atomic mass is 19.4. The standard InChI is InChI=1S/C23H22F3N3O6/c1-14(30)16-3-2-4-18(11-16)27-21(31)13-35-22(32)15-7-9-28(10-8-15)19-6-5-17(23(24,25)26)12-20(19)29(33)34/h2-6,11-12,15H,7-10,13H2,1H3,(H,27,31). The molecule has 2 aromatic rings. The summed E-state index contributed by atoms with van der Waals surface area (Å²) >= 11 is 0. The highest BCUT2D eigenvalue weighted by molar-refractivity contribution is 5.97. The van der Waals surface area contributed by atoms with E-state index in [0.29, 0.717) is 17.3 Å². The van der Waals surface area contributed by atoms with Crippen LogP contribution in [0.3, 0.4) is 0 Å². The molecule has 1 fully saturated rings. The third-order valence-corrected chi connectivity index (χ3v) is 5.57. The minimum absolute atomic E-state index is 0.0435. The fraction of sp³-hybridized carbons (Fsp3) is 0.348. The molecule has 1 N–H and O–H groups in total. The van der Waals surface area contributed by atoms with Crippen LogP contribution >= 0.6 is 0 Å². The van der Waals surface area contributed by atoms with Gasteiger partial charge in [-0.05, 0) is 44.0 Å². The molecule has 0 radical (unpaired) electrons. The van der Waals surface area contributed by atoms with E-state index >= 15 is 0 Å². The molecule has 1 aliphatic heterocycles. The van der Waals surface area contributed by atoms with Crippen LogP contribution in [0.15, 0.2) is 42.5 Å². The van der Waals surface area contributed by atoms with Crippen molar-refractivity contribution in [1.82, 2.24) is 0 Å². The van der Waals surface area contributed by atoms with Gasteiger partial charge < -0.3 is 15.0 Å².